The van der Waals surface area contributed by atoms with Crippen LogP contribution in [-0.4, -0.2) is 7.11 Å². The van der Waals surface area contributed by atoms with Crippen molar-refractivity contribution >= 4 is 21.5 Å². The Labute approximate surface area is 163 Å². The maximum atomic E-state index is 15.4. The lowest BCUT2D eigenvalue weighted by atomic mass is 9.78. The largest absolute Gasteiger partial charge is 0.493 e. The summed E-state index contributed by atoms with van der Waals surface area (Å²) in [5.74, 6) is -0.610. The Hall–Kier alpha value is -2.94. The molecule has 0 amide bonds. The Balaban J connectivity index is 2.31. The number of hydrogen-bond donors (Lipinski definition) is 0. The van der Waals surface area contributed by atoms with Crippen molar-refractivity contribution in [1.29, 1.82) is 0 Å². The number of benzene rings is 4. The second-order valence-electron chi connectivity index (χ2n) is 8.07. The van der Waals surface area contributed by atoms with Gasteiger partial charge < -0.3 is 4.74 Å². The number of rotatable bonds is 2. The van der Waals surface area contributed by atoms with Gasteiger partial charge in [0.15, 0.2) is 11.6 Å². The Morgan fingerprint density at radius 1 is 0.714 bits per heavy atom. The summed E-state index contributed by atoms with van der Waals surface area (Å²) < 4.78 is 35.8. The molecule has 28 heavy (non-hydrogen) atoms. The van der Waals surface area contributed by atoms with Crippen molar-refractivity contribution in [2.75, 3.05) is 7.11 Å². The first kappa shape index (κ1) is 18.4. The monoisotopic (exact) mass is 376 g/mol. The molecule has 0 heterocycles. The molecule has 1 nitrogen and oxygen atoms in total. The highest BCUT2D eigenvalue weighted by atomic mass is 19.1. The van der Waals surface area contributed by atoms with Gasteiger partial charge in [0, 0.05) is 16.7 Å². The molecule has 0 unspecified atom stereocenters. The molecule has 0 aliphatic heterocycles. The van der Waals surface area contributed by atoms with Gasteiger partial charge in [-0.05, 0) is 39.1 Å². The molecule has 0 radical (unpaired) electrons. The topological polar surface area (TPSA) is 9.23 Å². The third kappa shape index (κ3) is 2.82. The van der Waals surface area contributed by atoms with Gasteiger partial charge in [0.1, 0.15) is 5.82 Å². The maximum Gasteiger partial charge on any atom is 0.166 e. The van der Waals surface area contributed by atoms with Crippen LogP contribution in [0.25, 0.3) is 32.7 Å². The minimum Gasteiger partial charge on any atom is -0.493 e. The summed E-state index contributed by atoms with van der Waals surface area (Å²) in [7, 11) is 1.45. The van der Waals surface area contributed by atoms with Crippen molar-refractivity contribution in [1.82, 2.24) is 0 Å². The van der Waals surface area contributed by atoms with Crippen molar-refractivity contribution in [2.24, 2.45) is 0 Å². The van der Waals surface area contributed by atoms with E-state index in [2.05, 4.69) is 0 Å². The SMILES string of the molecule is COc1c(F)cc2ccccc2c1-c1c(C(C)(C)C)c(F)cc2ccccc12. The molecule has 0 aromatic heterocycles. The van der Waals surface area contributed by atoms with E-state index >= 15 is 4.39 Å². The van der Waals surface area contributed by atoms with Crippen LogP contribution in [0.2, 0.25) is 0 Å². The predicted molar refractivity (Wildman–Crippen MR) is 112 cm³/mol. The summed E-state index contributed by atoms with van der Waals surface area (Å²) in [6.45, 7) is 5.91. The van der Waals surface area contributed by atoms with Crippen LogP contribution in [0.4, 0.5) is 8.78 Å². The molecule has 0 aliphatic rings. The summed E-state index contributed by atoms with van der Waals surface area (Å²) in [5, 5.41) is 3.24. The fourth-order valence-corrected chi connectivity index (χ4v) is 4.05. The summed E-state index contributed by atoms with van der Waals surface area (Å²) in [6, 6.07) is 18.2. The van der Waals surface area contributed by atoms with Gasteiger partial charge in [0.2, 0.25) is 0 Å². The fraction of sp³-hybridized carbons (Fsp3) is 0.200. The molecule has 0 spiro atoms. The van der Waals surface area contributed by atoms with Crippen molar-refractivity contribution in [3.63, 3.8) is 0 Å². The van der Waals surface area contributed by atoms with E-state index in [1.807, 2.05) is 69.3 Å². The average molecular weight is 376 g/mol. The molecule has 0 aliphatic carbocycles. The molecule has 3 heteroatoms. The number of hydrogen-bond acceptors (Lipinski definition) is 1. The highest BCUT2D eigenvalue weighted by molar-refractivity contribution is 6.09. The molecule has 0 saturated carbocycles. The van der Waals surface area contributed by atoms with Crippen molar-refractivity contribution in [2.45, 2.75) is 26.2 Å². The van der Waals surface area contributed by atoms with E-state index in [4.69, 9.17) is 4.74 Å². The first-order chi connectivity index (χ1) is 13.3. The molecule has 4 rings (SSSR count). The first-order valence-electron chi connectivity index (χ1n) is 9.30. The van der Waals surface area contributed by atoms with E-state index in [-0.39, 0.29) is 11.6 Å². The van der Waals surface area contributed by atoms with Crippen LogP contribution in [0, 0.1) is 11.6 Å². The van der Waals surface area contributed by atoms with E-state index in [1.54, 1.807) is 6.07 Å². The van der Waals surface area contributed by atoms with Crippen LogP contribution in [-0.2, 0) is 5.41 Å². The molecule has 0 saturated heterocycles. The van der Waals surface area contributed by atoms with Crippen LogP contribution in [0.5, 0.6) is 5.75 Å². The van der Waals surface area contributed by atoms with E-state index in [0.29, 0.717) is 16.7 Å². The van der Waals surface area contributed by atoms with E-state index in [0.717, 1.165) is 21.5 Å². The second kappa shape index (κ2) is 6.59. The number of methoxy groups -OCH3 is 1. The van der Waals surface area contributed by atoms with Crippen LogP contribution in [0.1, 0.15) is 26.3 Å². The van der Waals surface area contributed by atoms with Gasteiger partial charge in [0.25, 0.3) is 0 Å². The lowest BCUT2D eigenvalue weighted by molar-refractivity contribution is 0.389. The highest BCUT2D eigenvalue weighted by Crippen LogP contribution is 2.47. The van der Waals surface area contributed by atoms with Gasteiger partial charge in [-0.15, -0.1) is 0 Å². The zero-order valence-corrected chi connectivity index (χ0v) is 16.4. The molecular formula is C25H22F2O. The molecule has 4 aromatic rings. The van der Waals surface area contributed by atoms with E-state index in [1.165, 1.54) is 13.2 Å². The van der Waals surface area contributed by atoms with Crippen molar-refractivity contribution in [3.8, 4) is 16.9 Å². The Bertz CT molecular complexity index is 1200. The average Bonchev–Trinajstić information content (AvgIpc) is 2.65. The molecular weight excluding hydrogens is 354 g/mol. The Morgan fingerprint density at radius 3 is 1.75 bits per heavy atom. The van der Waals surface area contributed by atoms with Gasteiger partial charge in [0.05, 0.1) is 7.11 Å². The first-order valence-corrected chi connectivity index (χ1v) is 9.30. The van der Waals surface area contributed by atoms with E-state index in [9.17, 15) is 4.39 Å². The highest BCUT2D eigenvalue weighted by Gasteiger charge is 2.29. The number of ether oxygens (including phenoxy) is 1. The molecule has 0 bridgehead atoms. The summed E-state index contributed by atoms with van der Waals surface area (Å²) in [6.07, 6.45) is 0. The summed E-state index contributed by atoms with van der Waals surface area (Å²) >= 11 is 0. The standard InChI is InChI=1S/C25H22F2O/c1-25(2,3)23-19(26)13-15-9-5-7-11-17(15)21(23)22-18-12-8-6-10-16(18)14-20(27)24(22)28-4/h5-14H,1-4H3. The van der Waals surface area contributed by atoms with Gasteiger partial charge in [-0.3, -0.25) is 0 Å². The zero-order chi connectivity index (χ0) is 20.1. The third-order valence-corrected chi connectivity index (χ3v) is 5.16. The molecule has 0 N–H and O–H groups in total. The quantitative estimate of drug-likeness (QED) is 0.358. The minimum absolute atomic E-state index is 0.139. The van der Waals surface area contributed by atoms with E-state index < -0.39 is 11.2 Å². The predicted octanol–water partition coefficient (Wildman–Crippen LogP) is 7.24. The van der Waals surface area contributed by atoms with Gasteiger partial charge in [-0.2, -0.15) is 0 Å². The van der Waals surface area contributed by atoms with Crippen LogP contribution in [0.15, 0.2) is 60.7 Å². The normalized spacial score (nSPS) is 11.9. The molecule has 142 valence electrons. The van der Waals surface area contributed by atoms with Crippen LogP contribution >= 0.6 is 0 Å². The van der Waals surface area contributed by atoms with Crippen LogP contribution in [0.3, 0.4) is 0 Å². The van der Waals surface area contributed by atoms with Gasteiger partial charge in [-0.25, -0.2) is 8.78 Å². The van der Waals surface area contributed by atoms with Crippen molar-refractivity contribution < 1.29 is 13.5 Å². The van der Waals surface area contributed by atoms with Crippen LogP contribution < -0.4 is 4.74 Å². The minimum atomic E-state index is -0.484. The summed E-state index contributed by atoms with van der Waals surface area (Å²) in [5.41, 5.74) is 1.36. The fourth-order valence-electron chi connectivity index (χ4n) is 4.05. The Morgan fingerprint density at radius 2 is 1.21 bits per heavy atom. The van der Waals surface area contributed by atoms with Crippen molar-refractivity contribution in [3.05, 3.63) is 77.9 Å². The summed E-state index contributed by atoms with van der Waals surface area (Å²) in [4.78, 5) is 0. The molecule has 0 fully saturated rings. The zero-order valence-electron chi connectivity index (χ0n) is 16.4. The lowest BCUT2D eigenvalue weighted by Crippen LogP contribution is -2.16. The second-order valence-corrected chi connectivity index (χ2v) is 8.07. The Kier molecular flexibility index (Phi) is 4.34. The lowest BCUT2D eigenvalue weighted by Gasteiger charge is -2.27. The maximum absolute atomic E-state index is 15.4. The van der Waals surface area contributed by atoms with Gasteiger partial charge >= 0.3 is 0 Å². The van der Waals surface area contributed by atoms with Gasteiger partial charge in [-0.1, -0.05) is 69.3 Å². The smallest absolute Gasteiger partial charge is 0.166 e. The molecule has 4 aromatic carbocycles. The molecule has 0 atom stereocenters. The third-order valence-electron chi connectivity index (χ3n) is 5.16. The number of halogens is 2. The number of fused-ring (bicyclic) bond motifs is 2.